The summed E-state index contributed by atoms with van der Waals surface area (Å²) in [6.45, 7) is 8.74. The van der Waals surface area contributed by atoms with Gasteiger partial charge >= 0.3 is 193 Å². The molecule has 2 rings (SSSR count). The molecule has 1 aromatic rings. The van der Waals surface area contributed by atoms with Crippen molar-refractivity contribution < 1.29 is 9.47 Å². The first kappa shape index (κ1) is 24.9. The van der Waals surface area contributed by atoms with E-state index in [1.807, 2.05) is 0 Å². The molecule has 0 N–H and O–H groups in total. The molecule has 0 saturated carbocycles. The van der Waals surface area contributed by atoms with Crippen molar-refractivity contribution in [1.82, 2.24) is 0 Å². The Bertz CT molecular complexity index is 529. The summed E-state index contributed by atoms with van der Waals surface area (Å²) in [7, 11) is 0. The standard InChI is InChI=1S/C12H14IO2.3C4H9.Sn/c13-12-6-2-1-4-10(12)8-15-11-5-3-7-14-9-11;3*1-3-4-2;/h1-2,4,6,9,11H,3,5,7-8H2;3*1,3-4H2,2H3;/t11-;;;;/m0..../s1. The van der Waals surface area contributed by atoms with Crippen molar-refractivity contribution in [2.45, 2.75) is 102 Å². The number of benzene rings is 1. The maximum atomic E-state index is 6.63. The molecule has 28 heavy (non-hydrogen) atoms. The Morgan fingerprint density at radius 3 is 2.18 bits per heavy atom. The SMILES string of the molecule is CCC[CH2][Sn]([CH2]CCC)([CH2]CCC)[C@@H]1OCCC[C@@H]1OCc1ccccc1I. The fraction of sp³-hybridized carbons (Fsp3) is 0.750. The van der Waals surface area contributed by atoms with Gasteiger partial charge < -0.3 is 0 Å². The summed E-state index contributed by atoms with van der Waals surface area (Å²) in [5, 5.41) is 0. The van der Waals surface area contributed by atoms with Gasteiger partial charge in [-0.1, -0.05) is 0 Å². The van der Waals surface area contributed by atoms with Crippen LogP contribution >= 0.6 is 22.6 Å². The molecule has 0 radical (unpaired) electrons. The van der Waals surface area contributed by atoms with Crippen LogP contribution in [0.2, 0.25) is 13.3 Å². The second-order valence-electron chi connectivity index (χ2n) is 8.55. The van der Waals surface area contributed by atoms with E-state index in [1.54, 1.807) is 0 Å². The van der Waals surface area contributed by atoms with E-state index in [9.17, 15) is 0 Å². The van der Waals surface area contributed by atoms with Crippen LogP contribution in [0.25, 0.3) is 0 Å². The van der Waals surface area contributed by atoms with Crippen LogP contribution in [-0.4, -0.2) is 35.2 Å². The summed E-state index contributed by atoms with van der Waals surface area (Å²) in [5.41, 5.74) is 1.32. The van der Waals surface area contributed by atoms with Gasteiger partial charge in [0.2, 0.25) is 0 Å². The molecule has 0 bridgehead atoms. The predicted molar refractivity (Wildman–Crippen MR) is 132 cm³/mol. The van der Waals surface area contributed by atoms with Crippen molar-refractivity contribution >= 4 is 41.0 Å². The first-order chi connectivity index (χ1) is 13.7. The molecule has 0 amide bonds. The van der Waals surface area contributed by atoms with E-state index in [1.165, 1.54) is 67.4 Å². The van der Waals surface area contributed by atoms with Crippen LogP contribution in [0.15, 0.2) is 24.3 Å². The van der Waals surface area contributed by atoms with E-state index in [0.717, 1.165) is 19.6 Å². The van der Waals surface area contributed by atoms with Gasteiger partial charge in [0.15, 0.2) is 0 Å². The van der Waals surface area contributed by atoms with Crippen LogP contribution in [0.1, 0.15) is 77.7 Å². The van der Waals surface area contributed by atoms with Crippen molar-refractivity contribution in [3.05, 3.63) is 33.4 Å². The average Bonchev–Trinajstić information content (AvgIpc) is 2.73. The van der Waals surface area contributed by atoms with E-state index < -0.39 is 18.4 Å². The minimum absolute atomic E-state index is 0.325. The third kappa shape index (κ3) is 7.42. The van der Waals surface area contributed by atoms with Crippen molar-refractivity contribution in [3.8, 4) is 0 Å². The molecule has 1 fully saturated rings. The van der Waals surface area contributed by atoms with Gasteiger partial charge in [-0.3, -0.25) is 0 Å². The minimum atomic E-state index is -2.45. The van der Waals surface area contributed by atoms with Gasteiger partial charge in [-0.2, -0.15) is 0 Å². The summed E-state index contributed by atoms with van der Waals surface area (Å²) in [6, 6.07) is 8.63. The van der Waals surface area contributed by atoms with Crippen LogP contribution in [-0.2, 0) is 16.1 Å². The zero-order valence-corrected chi connectivity index (χ0v) is 23.4. The zero-order chi connectivity index (χ0) is 20.2. The molecule has 0 aromatic heterocycles. The molecule has 0 aliphatic carbocycles. The Morgan fingerprint density at radius 1 is 1.00 bits per heavy atom. The molecule has 1 aliphatic heterocycles. The maximum absolute atomic E-state index is 6.63. The second-order valence-corrected chi connectivity index (χ2v) is 23.4. The van der Waals surface area contributed by atoms with Crippen molar-refractivity contribution in [2.24, 2.45) is 0 Å². The third-order valence-electron chi connectivity index (χ3n) is 6.37. The van der Waals surface area contributed by atoms with Gasteiger partial charge in [0.1, 0.15) is 0 Å². The molecule has 2 nitrogen and oxygen atoms in total. The van der Waals surface area contributed by atoms with E-state index in [2.05, 4.69) is 67.6 Å². The Morgan fingerprint density at radius 2 is 1.61 bits per heavy atom. The van der Waals surface area contributed by atoms with E-state index in [0.29, 0.717) is 10.2 Å². The molecule has 4 heteroatoms. The van der Waals surface area contributed by atoms with Gasteiger partial charge in [-0.05, 0) is 0 Å². The molecule has 0 spiro atoms. The number of ether oxygens (including phenoxy) is 2. The molecule has 160 valence electrons. The van der Waals surface area contributed by atoms with Gasteiger partial charge in [0.25, 0.3) is 0 Å². The number of halogens is 1. The van der Waals surface area contributed by atoms with Crippen LogP contribution in [0, 0.1) is 3.57 Å². The predicted octanol–water partition coefficient (Wildman–Crippen LogP) is 7.74. The molecular weight excluding hydrogens is 566 g/mol. The van der Waals surface area contributed by atoms with Gasteiger partial charge in [-0.15, -0.1) is 0 Å². The Labute approximate surface area is 191 Å². The fourth-order valence-electron chi connectivity index (χ4n) is 4.70. The molecule has 1 saturated heterocycles. The third-order valence-corrected chi connectivity index (χ3v) is 24.0. The van der Waals surface area contributed by atoms with E-state index in [-0.39, 0.29) is 0 Å². The average molecular weight is 607 g/mol. The van der Waals surface area contributed by atoms with Crippen LogP contribution in [0.4, 0.5) is 0 Å². The van der Waals surface area contributed by atoms with Crippen LogP contribution < -0.4 is 0 Å². The van der Waals surface area contributed by atoms with Crippen molar-refractivity contribution in [3.63, 3.8) is 0 Å². The molecule has 0 unspecified atom stereocenters. The number of hydrogen-bond acceptors (Lipinski definition) is 2. The van der Waals surface area contributed by atoms with Gasteiger partial charge in [-0.25, -0.2) is 0 Å². The normalized spacial score (nSPS) is 20.4. The Kier molecular flexibility index (Phi) is 12.3. The molecule has 1 aromatic carbocycles. The van der Waals surface area contributed by atoms with Crippen molar-refractivity contribution in [2.75, 3.05) is 6.61 Å². The van der Waals surface area contributed by atoms with Crippen LogP contribution in [0.5, 0.6) is 0 Å². The summed E-state index contributed by atoms with van der Waals surface area (Å²) in [5.74, 6) is 0. The summed E-state index contributed by atoms with van der Waals surface area (Å²) < 4.78 is 19.5. The summed E-state index contributed by atoms with van der Waals surface area (Å²) >= 11 is -0.0155. The van der Waals surface area contributed by atoms with E-state index >= 15 is 0 Å². The number of unbranched alkanes of at least 4 members (excludes halogenated alkanes) is 3. The first-order valence-corrected chi connectivity index (χ1v) is 20.4. The molecule has 2 atom stereocenters. The fourth-order valence-corrected chi connectivity index (χ4v) is 23.2. The van der Waals surface area contributed by atoms with Gasteiger partial charge in [0.05, 0.1) is 0 Å². The Hall–Kier alpha value is 0.669. The number of hydrogen-bond donors (Lipinski definition) is 0. The quantitative estimate of drug-likeness (QED) is 0.169. The summed E-state index contributed by atoms with van der Waals surface area (Å²) in [6.07, 6.45) is 10.8. The van der Waals surface area contributed by atoms with E-state index in [4.69, 9.17) is 9.47 Å². The molecule has 1 aliphatic rings. The number of rotatable bonds is 13. The van der Waals surface area contributed by atoms with Gasteiger partial charge in [0, 0.05) is 0 Å². The zero-order valence-electron chi connectivity index (χ0n) is 18.4. The Balaban J connectivity index is 2.18. The van der Waals surface area contributed by atoms with Crippen LogP contribution in [0.3, 0.4) is 0 Å². The summed E-state index contributed by atoms with van der Waals surface area (Å²) in [4.78, 5) is 0. The second kappa shape index (κ2) is 13.9. The molecule has 1 heterocycles. The monoisotopic (exact) mass is 608 g/mol. The molecular formula is C24H41IO2Sn. The first-order valence-electron chi connectivity index (χ1n) is 11.6. The topological polar surface area (TPSA) is 18.5 Å². The van der Waals surface area contributed by atoms with Crippen molar-refractivity contribution in [1.29, 1.82) is 0 Å².